The zero-order valence-electron chi connectivity index (χ0n) is 8.46. The molecule has 1 rings (SSSR count). The number of ketones is 1. The lowest BCUT2D eigenvalue weighted by Crippen LogP contribution is -2.16. The van der Waals surface area contributed by atoms with Crippen molar-refractivity contribution in [2.75, 3.05) is 20.6 Å². The van der Waals surface area contributed by atoms with Gasteiger partial charge in [-0.2, -0.15) is 0 Å². The highest BCUT2D eigenvalue weighted by atomic mass is 127. The molecule has 0 atom stereocenters. The van der Waals surface area contributed by atoms with Gasteiger partial charge in [0.05, 0.1) is 0 Å². The van der Waals surface area contributed by atoms with Gasteiger partial charge in [0.25, 0.3) is 0 Å². The van der Waals surface area contributed by atoms with Crippen molar-refractivity contribution in [3.63, 3.8) is 0 Å². The molecule has 0 amide bonds. The SMILES string of the molecule is CN(C)CCC(=O)c1cccc(I)c1. The number of Topliss-reactive ketones (excluding diaryl/α,β-unsaturated/α-hetero) is 1. The van der Waals surface area contributed by atoms with Crippen LogP contribution in [-0.4, -0.2) is 31.3 Å². The van der Waals surface area contributed by atoms with Gasteiger partial charge in [-0.15, -0.1) is 0 Å². The lowest BCUT2D eigenvalue weighted by Gasteiger charge is -2.08. The molecule has 0 aliphatic heterocycles. The molecule has 0 radical (unpaired) electrons. The van der Waals surface area contributed by atoms with Gasteiger partial charge >= 0.3 is 0 Å². The molecule has 0 saturated heterocycles. The van der Waals surface area contributed by atoms with E-state index in [-0.39, 0.29) is 5.78 Å². The van der Waals surface area contributed by atoms with Crippen molar-refractivity contribution in [3.8, 4) is 0 Å². The molecule has 0 heterocycles. The van der Waals surface area contributed by atoms with Crippen LogP contribution in [0.2, 0.25) is 0 Å². The van der Waals surface area contributed by atoms with Crippen LogP contribution in [0.1, 0.15) is 16.8 Å². The zero-order chi connectivity index (χ0) is 10.6. The molecular formula is C11H14INO. The van der Waals surface area contributed by atoms with E-state index in [1.807, 2.05) is 43.3 Å². The molecule has 1 aromatic carbocycles. The molecule has 0 unspecified atom stereocenters. The number of benzene rings is 1. The van der Waals surface area contributed by atoms with E-state index in [0.717, 1.165) is 15.7 Å². The first-order valence-electron chi connectivity index (χ1n) is 4.53. The van der Waals surface area contributed by atoms with Crippen molar-refractivity contribution in [2.45, 2.75) is 6.42 Å². The van der Waals surface area contributed by atoms with Crippen LogP contribution in [0.3, 0.4) is 0 Å². The lowest BCUT2D eigenvalue weighted by atomic mass is 10.1. The minimum absolute atomic E-state index is 0.220. The van der Waals surface area contributed by atoms with Crippen LogP contribution in [-0.2, 0) is 0 Å². The smallest absolute Gasteiger partial charge is 0.164 e. The summed E-state index contributed by atoms with van der Waals surface area (Å²) in [5, 5.41) is 0. The summed E-state index contributed by atoms with van der Waals surface area (Å²) in [6.45, 7) is 0.810. The van der Waals surface area contributed by atoms with E-state index in [0.29, 0.717) is 6.42 Å². The van der Waals surface area contributed by atoms with Gasteiger partial charge in [-0.25, -0.2) is 0 Å². The van der Waals surface area contributed by atoms with Crippen LogP contribution < -0.4 is 0 Å². The van der Waals surface area contributed by atoms with E-state index in [1.165, 1.54) is 0 Å². The molecule has 0 N–H and O–H groups in total. The van der Waals surface area contributed by atoms with Gasteiger partial charge in [0.2, 0.25) is 0 Å². The summed E-state index contributed by atoms with van der Waals surface area (Å²) in [4.78, 5) is 13.7. The Hall–Kier alpha value is -0.420. The molecule has 3 heteroatoms. The fraction of sp³-hybridized carbons (Fsp3) is 0.364. The van der Waals surface area contributed by atoms with E-state index in [4.69, 9.17) is 0 Å². The first-order valence-corrected chi connectivity index (χ1v) is 5.61. The van der Waals surface area contributed by atoms with Crippen LogP contribution in [0.5, 0.6) is 0 Å². The summed E-state index contributed by atoms with van der Waals surface area (Å²) >= 11 is 2.22. The molecule has 0 saturated carbocycles. The fourth-order valence-electron chi connectivity index (χ4n) is 1.13. The molecule has 14 heavy (non-hydrogen) atoms. The van der Waals surface area contributed by atoms with Crippen LogP contribution in [0.25, 0.3) is 0 Å². The summed E-state index contributed by atoms with van der Waals surface area (Å²) in [7, 11) is 3.95. The van der Waals surface area contributed by atoms with E-state index >= 15 is 0 Å². The topological polar surface area (TPSA) is 20.3 Å². The molecule has 0 aromatic heterocycles. The van der Waals surface area contributed by atoms with Gasteiger partial charge in [-0.1, -0.05) is 12.1 Å². The zero-order valence-corrected chi connectivity index (χ0v) is 10.6. The van der Waals surface area contributed by atoms with Gasteiger partial charge < -0.3 is 4.90 Å². The largest absolute Gasteiger partial charge is 0.309 e. The Bertz CT molecular complexity index is 323. The second-order valence-electron chi connectivity index (χ2n) is 3.49. The van der Waals surface area contributed by atoms with Crippen molar-refractivity contribution in [3.05, 3.63) is 33.4 Å². The molecular weight excluding hydrogens is 289 g/mol. The monoisotopic (exact) mass is 303 g/mol. The molecule has 0 fully saturated rings. The van der Waals surface area contributed by atoms with E-state index in [9.17, 15) is 4.79 Å². The van der Waals surface area contributed by atoms with E-state index in [1.54, 1.807) is 0 Å². The highest BCUT2D eigenvalue weighted by Crippen LogP contribution is 2.09. The lowest BCUT2D eigenvalue weighted by molar-refractivity contribution is 0.0972. The molecule has 0 aliphatic carbocycles. The Labute approximate surface area is 98.4 Å². The van der Waals surface area contributed by atoms with Gasteiger partial charge in [0, 0.05) is 22.1 Å². The second kappa shape index (κ2) is 5.46. The fourth-order valence-corrected chi connectivity index (χ4v) is 1.67. The Morgan fingerprint density at radius 3 is 2.71 bits per heavy atom. The summed E-state index contributed by atoms with van der Waals surface area (Å²) in [5.74, 6) is 0.220. The average Bonchev–Trinajstić information content (AvgIpc) is 2.14. The van der Waals surface area contributed by atoms with Crippen molar-refractivity contribution in [2.24, 2.45) is 0 Å². The van der Waals surface area contributed by atoms with E-state index in [2.05, 4.69) is 22.6 Å². The molecule has 2 nitrogen and oxygen atoms in total. The van der Waals surface area contributed by atoms with Crippen LogP contribution in [0.4, 0.5) is 0 Å². The van der Waals surface area contributed by atoms with E-state index < -0.39 is 0 Å². The summed E-state index contributed by atoms with van der Waals surface area (Å²) < 4.78 is 1.11. The van der Waals surface area contributed by atoms with Crippen LogP contribution in [0, 0.1) is 3.57 Å². The Morgan fingerprint density at radius 2 is 2.14 bits per heavy atom. The first kappa shape index (κ1) is 11.7. The van der Waals surface area contributed by atoms with Crippen molar-refractivity contribution >= 4 is 28.4 Å². The van der Waals surface area contributed by atoms with Crippen molar-refractivity contribution < 1.29 is 4.79 Å². The Balaban J connectivity index is 2.61. The summed E-state index contributed by atoms with van der Waals surface area (Å²) in [5.41, 5.74) is 0.818. The molecule has 0 aliphatic rings. The summed E-state index contributed by atoms with van der Waals surface area (Å²) in [6.07, 6.45) is 0.590. The van der Waals surface area contributed by atoms with Crippen molar-refractivity contribution in [1.82, 2.24) is 4.90 Å². The highest BCUT2D eigenvalue weighted by molar-refractivity contribution is 14.1. The van der Waals surface area contributed by atoms with Gasteiger partial charge in [0.1, 0.15) is 0 Å². The third-order valence-electron chi connectivity index (χ3n) is 1.93. The van der Waals surface area contributed by atoms with Crippen molar-refractivity contribution in [1.29, 1.82) is 0 Å². The molecule has 1 aromatic rings. The van der Waals surface area contributed by atoms with Crippen LogP contribution in [0.15, 0.2) is 24.3 Å². The van der Waals surface area contributed by atoms with Gasteiger partial charge in [-0.05, 0) is 48.8 Å². The molecule has 0 spiro atoms. The van der Waals surface area contributed by atoms with Crippen LogP contribution >= 0.6 is 22.6 Å². The standard InChI is InChI=1S/C11H14INO/c1-13(2)7-6-11(14)9-4-3-5-10(12)8-9/h3-5,8H,6-7H2,1-2H3. The number of halogens is 1. The first-order chi connectivity index (χ1) is 6.59. The number of nitrogens with zero attached hydrogens (tertiary/aromatic N) is 1. The highest BCUT2D eigenvalue weighted by Gasteiger charge is 2.05. The maximum Gasteiger partial charge on any atom is 0.164 e. The maximum absolute atomic E-state index is 11.7. The number of carbonyl (C=O) groups is 1. The predicted octanol–water partition coefficient (Wildman–Crippen LogP) is 2.43. The second-order valence-corrected chi connectivity index (χ2v) is 4.73. The Kier molecular flexibility index (Phi) is 4.54. The third-order valence-corrected chi connectivity index (χ3v) is 2.60. The Morgan fingerprint density at radius 1 is 1.43 bits per heavy atom. The number of carbonyl (C=O) groups excluding carboxylic acids is 1. The van der Waals surface area contributed by atoms with Gasteiger partial charge in [-0.3, -0.25) is 4.79 Å². The minimum atomic E-state index is 0.220. The minimum Gasteiger partial charge on any atom is -0.309 e. The number of hydrogen-bond donors (Lipinski definition) is 0. The maximum atomic E-state index is 11.7. The average molecular weight is 303 g/mol. The van der Waals surface area contributed by atoms with Gasteiger partial charge in [0.15, 0.2) is 5.78 Å². The number of hydrogen-bond acceptors (Lipinski definition) is 2. The molecule has 0 bridgehead atoms. The number of rotatable bonds is 4. The predicted molar refractivity (Wildman–Crippen MR) is 66.7 cm³/mol. The normalized spacial score (nSPS) is 10.6. The quantitative estimate of drug-likeness (QED) is 0.629. The third kappa shape index (κ3) is 3.75. The molecule has 76 valence electrons. The summed E-state index contributed by atoms with van der Waals surface area (Å²) in [6, 6.07) is 7.71.